The minimum Gasteiger partial charge on any atom is -0.302 e. The van der Waals surface area contributed by atoms with Crippen LogP contribution in [0.1, 0.15) is 30.6 Å². The summed E-state index contributed by atoms with van der Waals surface area (Å²) in [5.41, 5.74) is 0.608. The molecule has 0 saturated carbocycles. The van der Waals surface area contributed by atoms with Gasteiger partial charge in [-0.1, -0.05) is 13.8 Å². The van der Waals surface area contributed by atoms with E-state index in [4.69, 9.17) is 0 Å². The van der Waals surface area contributed by atoms with Gasteiger partial charge in [-0.2, -0.15) is 0 Å². The van der Waals surface area contributed by atoms with Gasteiger partial charge in [0.2, 0.25) is 0 Å². The van der Waals surface area contributed by atoms with E-state index in [9.17, 15) is 9.18 Å². The van der Waals surface area contributed by atoms with Crippen LogP contribution in [0, 0.1) is 17.7 Å². The second kappa shape index (κ2) is 5.61. The summed E-state index contributed by atoms with van der Waals surface area (Å²) in [6.07, 6.45) is 0.519. The molecule has 2 atom stereocenters. The Kier molecular flexibility index (Phi) is 4.12. The number of rotatable bonds is 4. The molecule has 0 N–H and O–H groups in total. The van der Waals surface area contributed by atoms with Gasteiger partial charge in [0.1, 0.15) is 5.82 Å². The molecular weight excluding hydrogens is 229 g/mol. The van der Waals surface area contributed by atoms with Crippen molar-refractivity contribution in [3.05, 3.63) is 35.6 Å². The normalized spacial score (nSPS) is 24.4. The molecule has 1 saturated heterocycles. The molecule has 2 nitrogen and oxygen atoms in total. The van der Waals surface area contributed by atoms with Crippen LogP contribution in [0.2, 0.25) is 0 Å². The third kappa shape index (κ3) is 3.16. The first-order chi connectivity index (χ1) is 8.56. The summed E-state index contributed by atoms with van der Waals surface area (Å²) in [5, 5.41) is 0. The van der Waals surface area contributed by atoms with Gasteiger partial charge in [0.15, 0.2) is 5.78 Å². The maximum absolute atomic E-state index is 12.7. The van der Waals surface area contributed by atoms with E-state index in [-0.39, 0.29) is 11.6 Å². The predicted molar refractivity (Wildman–Crippen MR) is 70.1 cm³/mol. The molecule has 1 aliphatic heterocycles. The minimum atomic E-state index is -0.297. The molecule has 0 aromatic heterocycles. The van der Waals surface area contributed by atoms with E-state index >= 15 is 0 Å². The monoisotopic (exact) mass is 249 g/mol. The zero-order chi connectivity index (χ0) is 13.1. The van der Waals surface area contributed by atoms with E-state index in [1.807, 2.05) is 0 Å². The lowest BCUT2D eigenvalue weighted by Crippen LogP contribution is -2.24. The number of halogens is 1. The van der Waals surface area contributed by atoms with Crippen molar-refractivity contribution in [3.8, 4) is 0 Å². The van der Waals surface area contributed by atoms with Gasteiger partial charge < -0.3 is 4.90 Å². The number of carbonyl (C=O) groups is 1. The van der Waals surface area contributed by atoms with Crippen molar-refractivity contribution in [2.45, 2.75) is 20.3 Å². The number of nitrogens with zero attached hydrogens (tertiary/aromatic N) is 1. The summed E-state index contributed by atoms with van der Waals surface area (Å²) < 4.78 is 12.7. The van der Waals surface area contributed by atoms with Crippen LogP contribution in [-0.2, 0) is 0 Å². The van der Waals surface area contributed by atoms with Gasteiger partial charge >= 0.3 is 0 Å². The highest BCUT2D eigenvalue weighted by Gasteiger charge is 2.25. The number of ketones is 1. The molecule has 98 valence electrons. The fourth-order valence-corrected chi connectivity index (χ4v) is 2.47. The topological polar surface area (TPSA) is 20.3 Å². The fourth-order valence-electron chi connectivity index (χ4n) is 2.47. The van der Waals surface area contributed by atoms with E-state index in [1.165, 1.54) is 12.1 Å². The molecule has 1 heterocycles. The Morgan fingerprint density at radius 2 is 1.78 bits per heavy atom. The maximum Gasteiger partial charge on any atom is 0.164 e. The van der Waals surface area contributed by atoms with Crippen LogP contribution >= 0.6 is 0 Å². The highest BCUT2D eigenvalue weighted by atomic mass is 19.1. The Labute approximate surface area is 108 Å². The van der Waals surface area contributed by atoms with Crippen LogP contribution in [0.25, 0.3) is 0 Å². The van der Waals surface area contributed by atoms with E-state index in [1.54, 1.807) is 12.1 Å². The van der Waals surface area contributed by atoms with Gasteiger partial charge in [-0.3, -0.25) is 4.79 Å². The summed E-state index contributed by atoms with van der Waals surface area (Å²) in [6.45, 7) is 7.49. The number of hydrogen-bond donors (Lipinski definition) is 0. The van der Waals surface area contributed by atoms with Crippen molar-refractivity contribution >= 4 is 5.78 Å². The van der Waals surface area contributed by atoms with Gasteiger partial charge in [-0.05, 0) is 36.1 Å². The lowest BCUT2D eigenvalue weighted by atomic mass is 10.0. The molecule has 1 aromatic carbocycles. The Balaban J connectivity index is 1.84. The van der Waals surface area contributed by atoms with Crippen molar-refractivity contribution in [3.63, 3.8) is 0 Å². The molecule has 3 heteroatoms. The Hall–Kier alpha value is -1.22. The van der Waals surface area contributed by atoms with E-state index in [2.05, 4.69) is 18.7 Å². The highest BCUT2D eigenvalue weighted by molar-refractivity contribution is 5.96. The van der Waals surface area contributed by atoms with E-state index < -0.39 is 0 Å². The van der Waals surface area contributed by atoms with Crippen molar-refractivity contribution in [1.29, 1.82) is 0 Å². The highest BCUT2D eigenvalue weighted by Crippen LogP contribution is 2.22. The summed E-state index contributed by atoms with van der Waals surface area (Å²) >= 11 is 0. The quantitative estimate of drug-likeness (QED) is 0.765. The number of carbonyl (C=O) groups excluding carboxylic acids is 1. The lowest BCUT2D eigenvalue weighted by molar-refractivity contribution is 0.0968. The maximum atomic E-state index is 12.7. The smallest absolute Gasteiger partial charge is 0.164 e. The molecule has 1 aliphatic rings. The van der Waals surface area contributed by atoms with Crippen molar-refractivity contribution in [2.75, 3.05) is 19.6 Å². The fraction of sp³-hybridized carbons (Fsp3) is 0.533. The second-order valence-electron chi connectivity index (χ2n) is 5.39. The zero-order valence-electron chi connectivity index (χ0n) is 11.0. The third-order valence-electron chi connectivity index (χ3n) is 3.89. The van der Waals surface area contributed by atoms with E-state index in [0.29, 0.717) is 23.8 Å². The number of benzene rings is 1. The standard InChI is InChI=1S/C15H20FNO/c1-11-9-17(10-12(11)2)8-7-15(18)13-3-5-14(16)6-4-13/h3-6,11-12H,7-10H2,1-2H3. The van der Waals surface area contributed by atoms with Crippen LogP contribution in [0.4, 0.5) is 4.39 Å². The average molecular weight is 249 g/mol. The van der Waals surface area contributed by atoms with Crippen molar-refractivity contribution in [2.24, 2.45) is 11.8 Å². The molecule has 1 aromatic rings. The van der Waals surface area contributed by atoms with Crippen LogP contribution in [0.15, 0.2) is 24.3 Å². The van der Waals surface area contributed by atoms with Gasteiger partial charge in [0.05, 0.1) is 0 Å². The van der Waals surface area contributed by atoms with Gasteiger partial charge in [0.25, 0.3) is 0 Å². The summed E-state index contributed by atoms with van der Waals surface area (Å²) in [6, 6.07) is 5.81. The molecular formula is C15H20FNO. The Bertz CT molecular complexity index is 405. The van der Waals surface area contributed by atoms with Crippen LogP contribution in [-0.4, -0.2) is 30.3 Å². The van der Waals surface area contributed by atoms with Crippen LogP contribution in [0.3, 0.4) is 0 Å². The Morgan fingerprint density at radius 1 is 1.22 bits per heavy atom. The summed E-state index contributed by atoms with van der Waals surface area (Å²) in [7, 11) is 0. The molecule has 0 bridgehead atoms. The van der Waals surface area contributed by atoms with Crippen LogP contribution in [0.5, 0.6) is 0 Å². The summed E-state index contributed by atoms with van der Waals surface area (Å²) in [5.74, 6) is 1.23. The molecule has 2 unspecified atom stereocenters. The molecule has 1 fully saturated rings. The van der Waals surface area contributed by atoms with Crippen LogP contribution < -0.4 is 0 Å². The van der Waals surface area contributed by atoms with Gasteiger partial charge in [0, 0.05) is 31.6 Å². The first-order valence-electron chi connectivity index (χ1n) is 6.57. The largest absolute Gasteiger partial charge is 0.302 e. The molecule has 0 radical (unpaired) electrons. The zero-order valence-corrected chi connectivity index (χ0v) is 11.0. The summed E-state index contributed by atoms with van der Waals surface area (Å²) in [4.78, 5) is 14.3. The number of likely N-dealkylation sites (tertiary alicyclic amines) is 1. The first-order valence-corrected chi connectivity index (χ1v) is 6.57. The second-order valence-corrected chi connectivity index (χ2v) is 5.39. The molecule has 2 rings (SSSR count). The number of hydrogen-bond acceptors (Lipinski definition) is 2. The molecule has 0 aliphatic carbocycles. The molecule has 0 spiro atoms. The van der Waals surface area contributed by atoms with Crippen molar-refractivity contribution in [1.82, 2.24) is 4.90 Å². The predicted octanol–water partition coefficient (Wildman–Crippen LogP) is 2.99. The minimum absolute atomic E-state index is 0.0993. The Morgan fingerprint density at radius 3 is 2.33 bits per heavy atom. The SMILES string of the molecule is CC1CN(CCC(=O)c2ccc(F)cc2)CC1C. The molecule has 0 amide bonds. The number of Topliss-reactive ketones (excluding diaryl/α,β-unsaturated/α-hetero) is 1. The van der Waals surface area contributed by atoms with Gasteiger partial charge in [-0.25, -0.2) is 4.39 Å². The third-order valence-corrected chi connectivity index (χ3v) is 3.89. The lowest BCUT2D eigenvalue weighted by Gasteiger charge is -2.14. The average Bonchev–Trinajstić information content (AvgIpc) is 2.67. The van der Waals surface area contributed by atoms with Gasteiger partial charge in [-0.15, -0.1) is 0 Å². The van der Waals surface area contributed by atoms with Crippen molar-refractivity contribution < 1.29 is 9.18 Å². The molecule has 18 heavy (non-hydrogen) atoms. The van der Waals surface area contributed by atoms with E-state index in [0.717, 1.165) is 19.6 Å². The first kappa shape index (κ1) is 13.2.